The lowest BCUT2D eigenvalue weighted by Gasteiger charge is -2.28. The van der Waals surface area contributed by atoms with Crippen LogP contribution in [0.4, 0.5) is 0 Å². The van der Waals surface area contributed by atoms with Crippen LogP contribution in [0.2, 0.25) is 0 Å². The van der Waals surface area contributed by atoms with Crippen molar-refractivity contribution < 1.29 is 47.7 Å². The number of hydrogen-bond acceptors (Lipinski definition) is 1. The first-order valence-electron chi connectivity index (χ1n) is 13.0. The Balaban J connectivity index is 0. The summed E-state index contributed by atoms with van der Waals surface area (Å²) in [6, 6.07) is 6.70. The Bertz CT molecular complexity index is 560. The van der Waals surface area contributed by atoms with Crippen LogP contribution in [0.15, 0.2) is 18.2 Å². The molecule has 0 spiro atoms. The highest BCUT2D eigenvalue weighted by Gasteiger charge is 2.20. The van der Waals surface area contributed by atoms with Crippen molar-refractivity contribution in [3.8, 4) is 5.75 Å². The predicted molar refractivity (Wildman–Crippen MR) is 136 cm³/mol. The van der Waals surface area contributed by atoms with E-state index in [2.05, 4.69) is 67.4 Å². The van der Waals surface area contributed by atoms with Gasteiger partial charge in [0.15, 0.2) is 0 Å². The van der Waals surface area contributed by atoms with Crippen molar-refractivity contribution in [2.24, 2.45) is 0 Å². The first kappa shape index (κ1) is 35.1. The average Bonchev–Trinajstić information content (AvgIpc) is 2.65. The maximum atomic E-state index is 6.43. The summed E-state index contributed by atoms with van der Waals surface area (Å²) in [5.41, 5.74) is 2.69. The van der Waals surface area contributed by atoms with Gasteiger partial charge in [-0.15, -0.1) is 0 Å². The first-order valence-corrected chi connectivity index (χ1v) is 13.0. The van der Waals surface area contributed by atoms with Gasteiger partial charge >= 0.3 is 0 Å². The molecular weight excluding hydrogens is 540 g/mol. The summed E-state index contributed by atoms with van der Waals surface area (Å²) in [7, 11) is 13.5. The lowest BCUT2D eigenvalue weighted by atomic mass is 10.1. The molecule has 1 rings (SSSR count). The van der Waals surface area contributed by atoms with Crippen molar-refractivity contribution in [2.45, 2.75) is 97.1 Å². The Labute approximate surface area is 228 Å². The molecule has 0 saturated carbocycles. The lowest BCUT2D eigenvalue weighted by molar-refractivity contribution is -0.884. The van der Waals surface area contributed by atoms with Crippen LogP contribution in [0.25, 0.3) is 0 Å². The molecule has 0 radical (unpaired) electrons. The van der Waals surface area contributed by atoms with Crippen molar-refractivity contribution in [1.82, 2.24) is 0 Å². The molecular formula is C28H54Br2N2O. The van der Waals surface area contributed by atoms with Gasteiger partial charge in [0, 0.05) is 11.1 Å². The van der Waals surface area contributed by atoms with Gasteiger partial charge in [-0.25, -0.2) is 0 Å². The quantitative estimate of drug-likeness (QED) is 0.184. The van der Waals surface area contributed by atoms with Gasteiger partial charge in [-0.3, -0.25) is 0 Å². The van der Waals surface area contributed by atoms with E-state index in [1.807, 2.05) is 0 Å². The molecule has 1 aromatic rings. The highest BCUT2D eigenvalue weighted by atomic mass is 79.9. The van der Waals surface area contributed by atoms with Crippen molar-refractivity contribution in [2.75, 3.05) is 48.9 Å². The average molecular weight is 595 g/mol. The SMILES string of the molecule is CCCCCCCCCCCCCCOc1c(C[N+](C)(C)C)cccc1C[N+](C)(C)C.[Br-].[Br-]. The summed E-state index contributed by atoms with van der Waals surface area (Å²) in [5.74, 6) is 1.15. The van der Waals surface area contributed by atoms with Crippen molar-refractivity contribution in [1.29, 1.82) is 0 Å². The minimum absolute atomic E-state index is 0. The van der Waals surface area contributed by atoms with E-state index in [4.69, 9.17) is 4.74 Å². The highest BCUT2D eigenvalue weighted by Crippen LogP contribution is 2.28. The second-order valence-electron chi connectivity index (χ2n) is 11.5. The van der Waals surface area contributed by atoms with Gasteiger partial charge < -0.3 is 47.7 Å². The maximum Gasteiger partial charge on any atom is 0.136 e. The van der Waals surface area contributed by atoms with Crippen LogP contribution in [-0.2, 0) is 13.1 Å². The van der Waals surface area contributed by atoms with Gasteiger partial charge in [-0.2, -0.15) is 0 Å². The number of benzene rings is 1. The molecule has 1 aromatic carbocycles. The molecule has 0 aliphatic heterocycles. The van der Waals surface area contributed by atoms with Crippen molar-refractivity contribution in [3.05, 3.63) is 29.3 Å². The third-order valence-electron chi connectivity index (χ3n) is 5.71. The molecule has 0 aliphatic carbocycles. The smallest absolute Gasteiger partial charge is 0.136 e. The predicted octanol–water partition coefficient (Wildman–Crippen LogP) is 1.19. The third kappa shape index (κ3) is 18.8. The molecule has 0 fully saturated rings. The van der Waals surface area contributed by atoms with Crippen LogP contribution in [0, 0.1) is 0 Å². The fourth-order valence-electron chi connectivity index (χ4n) is 4.21. The number of halogens is 2. The zero-order valence-corrected chi connectivity index (χ0v) is 26.1. The van der Waals surface area contributed by atoms with E-state index in [-0.39, 0.29) is 34.0 Å². The summed E-state index contributed by atoms with van der Waals surface area (Å²) >= 11 is 0. The normalized spacial score (nSPS) is 11.6. The van der Waals surface area contributed by atoms with Crippen molar-refractivity contribution in [3.63, 3.8) is 0 Å². The van der Waals surface area contributed by atoms with Crippen LogP contribution in [-0.4, -0.2) is 57.9 Å². The van der Waals surface area contributed by atoms with E-state index in [0.717, 1.165) is 34.4 Å². The summed E-state index contributed by atoms with van der Waals surface area (Å²) in [5, 5.41) is 0. The number of hydrogen-bond donors (Lipinski definition) is 0. The number of ether oxygens (including phenoxy) is 1. The van der Waals surface area contributed by atoms with Gasteiger partial charge in [-0.1, -0.05) is 83.6 Å². The minimum atomic E-state index is 0. The van der Waals surface area contributed by atoms with Crippen LogP contribution in [0.5, 0.6) is 5.75 Å². The van der Waals surface area contributed by atoms with E-state index in [9.17, 15) is 0 Å². The molecule has 33 heavy (non-hydrogen) atoms. The molecule has 0 atom stereocenters. The molecule has 0 saturated heterocycles. The number of rotatable bonds is 18. The summed E-state index contributed by atoms with van der Waals surface area (Å²) in [6.07, 6.45) is 16.6. The fourth-order valence-corrected chi connectivity index (χ4v) is 4.21. The minimum Gasteiger partial charge on any atom is -1.00 e. The molecule has 196 valence electrons. The number of quaternary nitrogens is 2. The number of para-hydroxylation sites is 1. The highest BCUT2D eigenvalue weighted by molar-refractivity contribution is 5.41. The Morgan fingerprint density at radius 3 is 1.30 bits per heavy atom. The molecule has 0 aliphatic rings. The molecule has 0 aromatic heterocycles. The summed E-state index contributed by atoms with van der Waals surface area (Å²) < 4.78 is 8.27. The third-order valence-corrected chi connectivity index (χ3v) is 5.71. The Hall–Kier alpha value is -0.100. The van der Waals surface area contributed by atoms with E-state index in [0.29, 0.717) is 0 Å². The standard InChI is InChI=1S/C28H54N2O.2BrH/c1-8-9-10-11-12-13-14-15-16-17-18-19-23-31-28-26(24-29(2,3)4)21-20-22-27(28)25-30(5,6)7;;/h20-22H,8-19,23-25H2,1-7H3;2*1H/q+2;;/p-2. The van der Waals surface area contributed by atoms with Gasteiger partial charge in [0.2, 0.25) is 0 Å². The monoisotopic (exact) mass is 592 g/mol. The molecule has 3 nitrogen and oxygen atoms in total. The Kier molecular flexibility index (Phi) is 20.3. The van der Waals surface area contributed by atoms with E-state index in [1.54, 1.807) is 0 Å². The van der Waals surface area contributed by atoms with E-state index >= 15 is 0 Å². The van der Waals surface area contributed by atoms with Gasteiger partial charge in [0.1, 0.15) is 18.8 Å². The Morgan fingerprint density at radius 2 is 0.939 bits per heavy atom. The van der Waals surface area contributed by atoms with Crippen LogP contribution in [0.3, 0.4) is 0 Å². The topological polar surface area (TPSA) is 9.23 Å². The van der Waals surface area contributed by atoms with Gasteiger partial charge in [0.05, 0.1) is 48.9 Å². The second kappa shape index (κ2) is 19.1. The Morgan fingerprint density at radius 1 is 0.576 bits per heavy atom. The van der Waals surface area contributed by atoms with Crippen LogP contribution >= 0.6 is 0 Å². The van der Waals surface area contributed by atoms with Gasteiger partial charge in [0.25, 0.3) is 0 Å². The van der Waals surface area contributed by atoms with E-state index in [1.165, 1.54) is 88.2 Å². The lowest BCUT2D eigenvalue weighted by Crippen LogP contribution is -3.00. The van der Waals surface area contributed by atoms with Gasteiger partial charge in [-0.05, 0) is 18.6 Å². The van der Waals surface area contributed by atoms with Crippen molar-refractivity contribution >= 4 is 0 Å². The second-order valence-corrected chi connectivity index (χ2v) is 11.5. The van der Waals surface area contributed by atoms with E-state index < -0.39 is 0 Å². The molecule has 0 amide bonds. The van der Waals surface area contributed by atoms with Crippen LogP contribution < -0.4 is 38.7 Å². The summed E-state index contributed by atoms with van der Waals surface area (Å²) in [4.78, 5) is 0. The summed E-state index contributed by atoms with van der Waals surface area (Å²) in [6.45, 7) is 5.13. The zero-order valence-electron chi connectivity index (χ0n) is 22.9. The molecule has 0 N–H and O–H groups in total. The molecule has 5 heteroatoms. The van der Waals surface area contributed by atoms with Crippen LogP contribution in [0.1, 0.15) is 95.1 Å². The molecule has 0 unspecified atom stereocenters. The fraction of sp³-hybridized carbons (Fsp3) is 0.786. The molecule has 0 heterocycles. The maximum absolute atomic E-state index is 6.43. The molecule has 0 bridgehead atoms. The zero-order chi connectivity index (χ0) is 23.2. The number of nitrogens with zero attached hydrogens (tertiary/aromatic N) is 2. The number of unbranched alkanes of at least 4 members (excludes halogenated alkanes) is 11. The largest absolute Gasteiger partial charge is 1.00 e. The first-order chi connectivity index (χ1) is 14.6.